The number of hydrogen-bond acceptors (Lipinski definition) is 6. The Balaban J connectivity index is 0.946. The molecule has 5 aliphatic rings. The highest BCUT2D eigenvalue weighted by molar-refractivity contribution is 5.94. The van der Waals surface area contributed by atoms with E-state index < -0.39 is 0 Å². The van der Waals surface area contributed by atoms with Crippen LogP contribution >= 0.6 is 0 Å². The number of carbonyl (C=O) groups is 1. The van der Waals surface area contributed by atoms with Crippen molar-refractivity contribution in [3.05, 3.63) is 71.8 Å². The summed E-state index contributed by atoms with van der Waals surface area (Å²) < 4.78 is 11.6. The molecule has 4 saturated carbocycles. The number of methoxy groups -OCH3 is 2. The van der Waals surface area contributed by atoms with Gasteiger partial charge in [-0.1, -0.05) is 12.1 Å². The lowest BCUT2D eigenvalue weighted by Gasteiger charge is -2.56. The maximum Gasteiger partial charge on any atom is 0.251 e. The van der Waals surface area contributed by atoms with E-state index in [1.165, 1.54) is 38.5 Å². The summed E-state index contributed by atoms with van der Waals surface area (Å²) >= 11 is 0. The van der Waals surface area contributed by atoms with Crippen molar-refractivity contribution in [3.8, 4) is 28.4 Å². The smallest absolute Gasteiger partial charge is 0.251 e. The number of aromatic hydroxyl groups is 1. The highest BCUT2D eigenvalue weighted by Crippen LogP contribution is 2.59. The predicted molar refractivity (Wildman–Crippen MR) is 174 cm³/mol. The Morgan fingerprint density at radius 3 is 2.02 bits per heavy atom. The molecule has 4 aliphatic carbocycles. The van der Waals surface area contributed by atoms with Gasteiger partial charge in [-0.05, 0) is 121 Å². The zero-order valence-electron chi connectivity index (χ0n) is 26.1. The average Bonchev–Trinajstić information content (AvgIpc) is 3.03. The van der Waals surface area contributed by atoms with Gasteiger partial charge in [0.1, 0.15) is 17.2 Å². The van der Waals surface area contributed by atoms with Gasteiger partial charge in [0.25, 0.3) is 5.91 Å². The Kier molecular flexibility index (Phi) is 7.91. The zero-order chi connectivity index (χ0) is 30.3. The first-order valence-electron chi connectivity index (χ1n) is 16.3. The van der Waals surface area contributed by atoms with Gasteiger partial charge in [0.15, 0.2) is 0 Å². The monoisotopic (exact) mass is 595 g/mol. The number of rotatable bonds is 9. The van der Waals surface area contributed by atoms with Gasteiger partial charge in [-0.15, -0.1) is 0 Å². The molecule has 1 aliphatic heterocycles. The molecule has 3 aromatic rings. The van der Waals surface area contributed by atoms with Crippen LogP contribution < -0.4 is 19.7 Å². The minimum absolute atomic E-state index is 0.0649. The number of nitrogens with one attached hydrogen (secondary N) is 1. The van der Waals surface area contributed by atoms with Crippen molar-refractivity contribution in [1.82, 2.24) is 10.2 Å². The zero-order valence-corrected chi connectivity index (χ0v) is 26.1. The molecule has 1 amide bonds. The summed E-state index contributed by atoms with van der Waals surface area (Å²) in [6.07, 6.45) is 8.23. The molecule has 8 rings (SSSR count). The molecular formula is C37H45N3O4. The van der Waals surface area contributed by atoms with E-state index in [1.807, 2.05) is 36.4 Å². The van der Waals surface area contributed by atoms with E-state index >= 15 is 0 Å². The van der Waals surface area contributed by atoms with Gasteiger partial charge in [-0.2, -0.15) is 0 Å². The van der Waals surface area contributed by atoms with Gasteiger partial charge in [0.2, 0.25) is 0 Å². The molecule has 7 nitrogen and oxygen atoms in total. The molecule has 0 spiro atoms. The van der Waals surface area contributed by atoms with Gasteiger partial charge >= 0.3 is 0 Å². The van der Waals surface area contributed by atoms with Gasteiger partial charge in [0, 0.05) is 50.5 Å². The number of carbonyl (C=O) groups excluding carboxylic acids is 1. The Morgan fingerprint density at radius 2 is 1.45 bits per heavy atom. The topological polar surface area (TPSA) is 74.3 Å². The van der Waals surface area contributed by atoms with E-state index in [0.717, 1.165) is 96.5 Å². The fourth-order valence-corrected chi connectivity index (χ4v) is 9.08. The van der Waals surface area contributed by atoms with Crippen LogP contribution in [0.15, 0.2) is 60.7 Å². The molecule has 7 heteroatoms. The lowest BCUT2D eigenvalue weighted by atomic mass is 9.49. The van der Waals surface area contributed by atoms with Crippen LogP contribution in [0, 0.1) is 23.2 Å². The molecule has 44 heavy (non-hydrogen) atoms. The first kappa shape index (κ1) is 29.0. The van der Waals surface area contributed by atoms with Crippen LogP contribution in [-0.4, -0.2) is 62.9 Å². The second-order valence-electron chi connectivity index (χ2n) is 13.8. The minimum atomic E-state index is 0.0649. The molecule has 1 saturated heterocycles. The maximum absolute atomic E-state index is 13.1. The predicted octanol–water partition coefficient (Wildman–Crippen LogP) is 6.34. The average molecular weight is 596 g/mol. The standard InChI is InChI=1S/C37H45N3O4/c1-43-34-18-30(29-4-3-5-32(41)17-29)19-35(44-2)33(34)23-39-10-12-40(13-11-39)31-8-6-28(7-9-31)36(42)38-24-37-20-25-14-26(21-37)16-27(15-25)22-37/h3-9,17-19,25-27,41H,10-16,20-24H2,1-2H3,(H,38,42). The van der Waals surface area contributed by atoms with Gasteiger partial charge in [-0.25, -0.2) is 0 Å². The maximum atomic E-state index is 13.1. The van der Waals surface area contributed by atoms with Gasteiger partial charge in [0.05, 0.1) is 19.8 Å². The highest BCUT2D eigenvalue weighted by atomic mass is 16.5. The number of piperazine rings is 1. The number of phenols is 1. The highest BCUT2D eigenvalue weighted by Gasteiger charge is 2.50. The Bertz CT molecular complexity index is 1430. The largest absolute Gasteiger partial charge is 0.508 e. The third kappa shape index (κ3) is 5.86. The molecule has 1 heterocycles. The van der Waals surface area contributed by atoms with Gasteiger partial charge < -0.3 is 24.8 Å². The third-order valence-corrected chi connectivity index (χ3v) is 10.8. The van der Waals surface area contributed by atoms with E-state index in [-0.39, 0.29) is 11.7 Å². The normalized spacial score (nSPS) is 26.0. The molecular weight excluding hydrogens is 550 g/mol. The van der Waals surface area contributed by atoms with Crippen LogP contribution in [0.25, 0.3) is 11.1 Å². The van der Waals surface area contributed by atoms with Crippen molar-refractivity contribution in [3.63, 3.8) is 0 Å². The summed E-state index contributed by atoms with van der Waals surface area (Å²) in [6.45, 7) is 5.20. The number of anilines is 1. The van der Waals surface area contributed by atoms with Crippen LogP contribution in [-0.2, 0) is 6.54 Å². The van der Waals surface area contributed by atoms with Crippen LogP contribution in [0.4, 0.5) is 5.69 Å². The molecule has 4 bridgehead atoms. The van der Waals surface area contributed by atoms with E-state index in [9.17, 15) is 9.90 Å². The fraction of sp³-hybridized carbons (Fsp3) is 0.486. The van der Waals surface area contributed by atoms with Crippen molar-refractivity contribution in [1.29, 1.82) is 0 Å². The van der Waals surface area contributed by atoms with Crippen LogP contribution in [0.1, 0.15) is 54.4 Å². The van der Waals surface area contributed by atoms with Crippen molar-refractivity contribution >= 4 is 11.6 Å². The number of ether oxygens (including phenoxy) is 2. The first-order valence-corrected chi connectivity index (χ1v) is 16.3. The van der Waals surface area contributed by atoms with Crippen LogP contribution in [0.3, 0.4) is 0 Å². The number of phenolic OH excluding ortho intramolecular Hbond substituents is 1. The third-order valence-electron chi connectivity index (χ3n) is 10.8. The summed E-state index contributed by atoms with van der Waals surface area (Å²) in [5.41, 5.74) is 5.14. The SMILES string of the molecule is COc1cc(-c2cccc(O)c2)cc(OC)c1CN1CCN(c2ccc(C(=O)NCC34CC5CC(CC(C5)C3)C4)cc2)CC1. The fourth-order valence-electron chi connectivity index (χ4n) is 9.08. The molecule has 232 valence electrons. The lowest BCUT2D eigenvalue weighted by Crippen LogP contribution is -2.51. The Labute approximate surface area is 261 Å². The molecule has 0 radical (unpaired) electrons. The Hall–Kier alpha value is -3.71. The molecule has 0 unspecified atom stereocenters. The summed E-state index contributed by atoms with van der Waals surface area (Å²) in [7, 11) is 3.38. The summed E-state index contributed by atoms with van der Waals surface area (Å²) in [5.74, 6) is 4.56. The summed E-state index contributed by atoms with van der Waals surface area (Å²) in [5, 5.41) is 13.3. The second-order valence-corrected chi connectivity index (χ2v) is 13.8. The number of nitrogens with zero attached hydrogens (tertiary/aromatic N) is 2. The van der Waals surface area contributed by atoms with E-state index in [2.05, 4.69) is 27.2 Å². The Morgan fingerprint density at radius 1 is 0.841 bits per heavy atom. The molecule has 0 atom stereocenters. The quantitative estimate of drug-likeness (QED) is 0.301. The molecule has 0 aromatic heterocycles. The van der Waals surface area contributed by atoms with E-state index in [1.54, 1.807) is 26.4 Å². The molecule has 3 aromatic carbocycles. The number of hydrogen-bond donors (Lipinski definition) is 2. The molecule has 2 N–H and O–H groups in total. The van der Waals surface area contributed by atoms with Crippen LogP contribution in [0.2, 0.25) is 0 Å². The van der Waals surface area contributed by atoms with Crippen LogP contribution in [0.5, 0.6) is 17.2 Å². The first-order chi connectivity index (χ1) is 21.4. The summed E-state index contributed by atoms with van der Waals surface area (Å²) in [4.78, 5) is 17.9. The van der Waals surface area contributed by atoms with Gasteiger partial charge in [-0.3, -0.25) is 9.69 Å². The van der Waals surface area contributed by atoms with Crippen molar-refractivity contribution in [2.45, 2.75) is 45.1 Å². The molecule has 5 fully saturated rings. The number of amides is 1. The van der Waals surface area contributed by atoms with E-state index in [4.69, 9.17) is 9.47 Å². The van der Waals surface area contributed by atoms with Crippen molar-refractivity contribution in [2.24, 2.45) is 23.2 Å². The minimum Gasteiger partial charge on any atom is -0.508 e. The van der Waals surface area contributed by atoms with E-state index in [0.29, 0.717) is 5.41 Å². The number of benzene rings is 3. The van der Waals surface area contributed by atoms with Crippen molar-refractivity contribution in [2.75, 3.05) is 51.8 Å². The second kappa shape index (κ2) is 12.0. The summed E-state index contributed by atoms with van der Waals surface area (Å²) in [6, 6.07) is 19.4. The lowest BCUT2D eigenvalue weighted by molar-refractivity contribution is -0.0503. The van der Waals surface area contributed by atoms with Crippen molar-refractivity contribution < 1.29 is 19.4 Å².